The molecule has 1 amide bonds. The molecule has 0 radical (unpaired) electrons. The number of thioether (sulfide) groups is 1. The predicted octanol–water partition coefficient (Wildman–Crippen LogP) is 2.59. The molecule has 1 aliphatic heterocycles. The Hall–Kier alpha value is -2.29. The van der Waals surface area contributed by atoms with E-state index in [4.69, 9.17) is 10.6 Å². The number of benzene rings is 1. The third-order valence-corrected chi connectivity index (χ3v) is 5.59. The molecule has 0 spiro atoms. The minimum absolute atomic E-state index is 0.105. The summed E-state index contributed by atoms with van der Waals surface area (Å²) in [4.78, 5) is 14.5. The number of amides is 1. The van der Waals surface area contributed by atoms with Crippen molar-refractivity contribution in [1.82, 2.24) is 19.8 Å². The minimum atomic E-state index is -0.327. The molecular weight excluding hydrogens is 369 g/mol. The highest BCUT2D eigenvalue weighted by atomic mass is 32.2. The van der Waals surface area contributed by atoms with Crippen molar-refractivity contribution >= 4 is 17.7 Å². The summed E-state index contributed by atoms with van der Waals surface area (Å²) in [5.41, 5.74) is 0. The van der Waals surface area contributed by atoms with Crippen LogP contribution < -0.4 is 10.6 Å². The van der Waals surface area contributed by atoms with Crippen LogP contribution in [0.3, 0.4) is 0 Å². The number of likely N-dealkylation sites (tertiary alicyclic amines) is 1. The SMILES string of the molecule is CCC1CCCCN1C(=O)CSc1nnc(COc2ccc(F)cc2)n1N. The van der Waals surface area contributed by atoms with Crippen molar-refractivity contribution in [2.45, 2.75) is 50.4 Å². The van der Waals surface area contributed by atoms with E-state index >= 15 is 0 Å². The number of carbonyl (C=O) groups is 1. The number of piperidine rings is 1. The molecule has 1 aromatic carbocycles. The van der Waals surface area contributed by atoms with Crippen molar-refractivity contribution in [2.75, 3.05) is 18.1 Å². The number of aromatic nitrogens is 3. The van der Waals surface area contributed by atoms with Crippen molar-refractivity contribution in [3.05, 3.63) is 35.9 Å². The van der Waals surface area contributed by atoms with Crippen LogP contribution in [0.2, 0.25) is 0 Å². The molecule has 0 aliphatic carbocycles. The number of hydrogen-bond donors (Lipinski definition) is 1. The molecule has 3 rings (SSSR count). The topological polar surface area (TPSA) is 86.3 Å². The molecule has 1 aromatic heterocycles. The van der Waals surface area contributed by atoms with Crippen LogP contribution in [-0.2, 0) is 11.4 Å². The van der Waals surface area contributed by atoms with E-state index in [0.29, 0.717) is 22.8 Å². The third kappa shape index (κ3) is 4.91. The first-order valence-electron chi connectivity index (χ1n) is 9.08. The zero-order chi connectivity index (χ0) is 19.2. The summed E-state index contributed by atoms with van der Waals surface area (Å²) in [5.74, 6) is 7.02. The summed E-state index contributed by atoms with van der Waals surface area (Å²) in [6.45, 7) is 3.05. The lowest BCUT2D eigenvalue weighted by Gasteiger charge is -2.35. The maximum atomic E-state index is 12.9. The Bertz CT molecular complexity index is 768. The highest BCUT2D eigenvalue weighted by Gasteiger charge is 2.25. The van der Waals surface area contributed by atoms with Crippen LogP contribution in [0.4, 0.5) is 4.39 Å². The molecule has 1 saturated heterocycles. The fourth-order valence-corrected chi connectivity index (χ4v) is 3.91. The van der Waals surface area contributed by atoms with E-state index in [0.717, 1.165) is 25.8 Å². The lowest BCUT2D eigenvalue weighted by atomic mass is 10.0. The maximum Gasteiger partial charge on any atom is 0.233 e. The Morgan fingerprint density at radius 3 is 2.85 bits per heavy atom. The minimum Gasteiger partial charge on any atom is -0.486 e. The molecule has 2 N–H and O–H groups in total. The third-order valence-electron chi connectivity index (χ3n) is 4.66. The van der Waals surface area contributed by atoms with E-state index in [2.05, 4.69) is 17.1 Å². The van der Waals surface area contributed by atoms with E-state index in [9.17, 15) is 9.18 Å². The molecule has 146 valence electrons. The van der Waals surface area contributed by atoms with Gasteiger partial charge < -0.3 is 15.5 Å². The van der Waals surface area contributed by atoms with Gasteiger partial charge in [-0.2, -0.15) is 0 Å². The Morgan fingerprint density at radius 1 is 1.33 bits per heavy atom. The second-order valence-electron chi connectivity index (χ2n) is 6.45. The second-order valence-corrected chi connectivity index (χ2v) is 7.39. The molecule has 9 heteroatoms. The molecule has 1 aliphatic rings. The van der Waals surface area contributed by atoms with Gasteiger partial charge in [-0.15, -0.1) is 10.2 Å². The molecule has 27 heavy (non-hydrogen) atoms. The average molecular weight is 393 g/mol. The Balaban J connectivity index is 1.53. The Kier molecular flexibility index (Phi) is 6.54. The van der Waals surface area contributed by atoms with Crippen LogP contribution in [0.25, 0.3) is 0 Å². The van der Waals surface area contributed by atoms with E-state index in [1.807, 2.05) is 4.90 Å². The number of ether oxygens (including phenoxy) is 1. The number of halogens is 1. The second kappa shape index (κ2) is 9.07. The van der Waals surface area contributed by atoms with Gasteiger partial charge in [0.2, 0.25) is 11.1 Å². The van der Waals surface area contributed by atoms with Gasteiger partial charge in [0.1, 0.15) is 18.2 Å². The maximum absolute atomic E-state index is 12.9. The smallest absolute Gasteiger partial charge is 0.233 e. The number of nitrogens with two attached hydrogens (primary N) is 1. The molecule has 1 atom stereocenters. The van der Waals surface area contributed by atoms with Gasteiger partial charge >= 0.3 is 0 Å². The summed E-state index contributed by atoms with van der Waals surface area (Å²) >= 11 is 1.27. The van der Waals surface area contributed by atoms with Gasteiger partial charge in [0, 0.05) is 12.6 Å². The first kappa shape index (κ1) is 19.5. The fraction of sp³-hybridized carbons (Fsp3) is 0.500. The first-order chi connectivity index (χ1) is 13.1. The monoisotopic (exact) mass is 393 g/mol. The molecule has 2 heterocycles. The number of nitrogens with zero attached hydrogens (tertiary/aromatic N) is 4. The van der Waals surface area contributed by atoms with Crippen LogP contribution >= 0.6 is 11.8 Å². The zero-order valence-electron chi connectivity index (χ0n) is 15.3. The quantitative estimate of drug-likeness (QED) is 0.575. The molecule has 0 saturated carbocycles. The van der Waals surface area contributed by atoms with Crippen LogP contribution in [0.1, 0.15) is 38.4 Å². The fourth-order valence-electron chi connectivity index (χ4n) is 3.15. The van der Waals surface area contributed by atoms with Gasteiger partial charge in [-0.05, 0) is 49.9 Å². The highest BCUT2D eigenvalue weighted by Crippen LogP contribution is 2.22. The molecule has 1 unspecified atom stereocenters. The van der Waals surface area contributed by atoms with Crippen molar-refractivity contribution in [2.24, 2.45) is 0 Å². The largest absolute Gasteiger partial charge is 0.486 e. The molecule has 1 fully saturated rings. The number of nitrogen functional groups attached to an aromatic ring is 1. The normalized spacial score (nSPS) is 17.1. The standard InChI is InChI=1S/C18H24FN5O2S/c1-2-14-5-3-4-10-23(14)17(25)12-27-18-22-21-16(24(18)20)11-26-15-8-6-13(19)7-9-15/h6-9,14H,2-5,10-12,20H2,1H3. The van der Waals surface area contributed by atoms with Gasteiger partial charge in [-0.1, -0.05) is 18.7 Å². The van der Waals surface area contributed by atoms with Crippen LogP contribution in [-0.4, -0.2) is 44.0 Å². The molecule has 2 aromatic rings. The summed E-state index contributed by atoms with van der Waals surface area (Å²) in [5, 5.41) is 8.52. The van der Waals surface area contributed by atoms with Gasteiger partial charge in [-0.25, -0.2) is 9.07 Å². The van der Waals surface area contributed by atoms with E-state index in [1.54, 1.807) is 0 Å². The number of carbonyl (C=O) groups excluding carboxylic acids is 1. The van der Waals surface area contributed by atoms with Gasteiger partial charge in [0.15, 0.2) is 5.82 Å². The molecule has 7 nitrogen and oxygen atoms in total. The predicted molar refractivity (Wildman–Crippen MR) is 101 cm³/mol. The molecular formula is C18H24FN5O2S. The van der Waals surface area contributed by atoms with Crippen LogP contribution in [0.5, 0.6) is 5.75 Å². The Morgan fingerprint density at radius 2 is 2.11 bits per heavy atom. The van der Waals surface area contributed by atoms with E-state index in [1.165, 1.54) is 47.1 Å². The number of rotatable bonds is 7. The Labute approximate surface area is 162 Å². The average Bonchev–Trinajstić information content (AvgIpc) is 3.05. The van der Waals surface area contributed by atoms with E-state index in [-0.39, 0.29) is 24.1 Å². The summed E-state index contributed by atoms with van der Waals surface area (Å²) < 4.78 is 19.8. The van der Waals surface area contributed by atoms with Crippen LogP contribution in [0, 0.1) is 5.82 Å². The summed E-state index contributed by atoms with van der Waals surface area (Å²) in [7, 11) is 0. The van der Waals surface area contributed by atoms with Crippen LogP contribution in [0.15, 0.2) is 29.4 Å². The highest BCUT2D eigenvalue weighted by molar-refractivity contribution is 7.99. The lowest BCUT2D eigenvalue weighted by Crippen LogP contribution is -2.44. The van der Waals surface area contributed by atoms with Gasteiger partial charge in [0.25, 0.3) is 0 Å². The van der Waals surface area contributed by atoms with Gasteiger partial charge in [-0.3, -0.25) is 4.79 Å². The van der Waals surface area contributed by atoms with Crippen molar-refractivity contribution in [3.63, 3.8) is 0 Å². The summed E-state index contributed by atoms with van der Waals surface area (Å²) in [6, 6.07) is 6.04. The van der Waals surface area contributed by atoms with E-state index < -0.39 is 0 Å². The zero-order valence-corrected chi connectivity index (χ0v) is 16.1. The van der Waals surface area contributed by atoms with Crippen molar-refractivity contribution in [3.8, 4) is 5.75 Å². The van der Waals surface area contributed by atoms with Crippen molar-refractivity contribution < 1.29 is 13.9 Å². The number of hydrogen-bond acceptors (Lipinski definition) is 6. The first-order valence-corrected chi connectivity index (χ1v) is 10.1. The van der Waals surface area contributed by atoms with Crippen molar-refractivity contribution in [1.29, 1.82) is 0 Å². The molecule has 0 bridgehead atoms. The van der Waals surface area contributed by atoms with Gasteiger partial charge in [0.05, 0.1) is 5.75 Å². The summed E-state index contributed by atoms with van der Waals surface area (Å²) in [6.07, 6.45) is 4.30. The lowest BCUT2D eigenvalue weighted by molar-refractivity contribution is -0.132.